The number of benzene rings is 2. The number of carbonyl (C=O) groups excluding carboxylic acids is 1. The Morgan fingerprint density at radius 3 is 2.78 bits per heavy atom. The number of ether oxygens (including phenoxy) is 1. The number of hydrogen-bond donors (Lipinski definition) is 4. The molecule has 4 N–H and O–H groups in total. The zero-order valence-electron chi connectivity index (χ0n) is 19.9. The molecule has 2 fully saturated rings. The minimum atomic E-state index is -1.10. The van der Waals surface area contributed by atoms with Gasteiger partial charge in [-0.1, -0.05) is 6.07 Å². The first-order chi connectivity index (χ1) is 17.2. The van der Waals surface area contributed by atoms with E-state index in [9.17, 15) is 24.9 Å². The summed E-state index contributed by atoms with van der Waals surface area (Å²) in [4.78, 5) is 24.7. The zero-order valence-corrected chi connectivity index (χ0v) is 19.9. The Morgan fingerprint density at radius 1 is 1.11 bits per heavy atom. The molecule has 6 unspecified atom stereocenters. The maximum Gasteiger partial charge on any atom is 0.412 e. The third-order valence-electron chi connectivity index (χ3n) is 8.61. The van der Waals surface area contributed by atoms with E-state index in [0.29, 0.717) is 30.5 Å². The standard InChI is InChI=1S/C28H29NO7/c1-14-10-26(32)35-23-11-15(2-4-17(14)23)29-27(33)36-24-13-20-19(18-5-3-16(30)12-21(18)24)8-9-28(34)22(20)6-7-25(28)31/h2-5,10-12,19-20,22,24-25,30-31,34H,6-9,13H2,1H3,(H,29,33). The first kappa shape index (κ1) is 23.1. The van der Waals surface area contributed by atoms with Gasteiger partial charge in [0, 0.05) is 23.2 Å². The summed E-state index contributed by atoms with van der Waals surface area (Å²) < 4.78 is 11.2. The van der Waals surface area contributed by atoms with Gasteiger partial charge in [0.15, 0.2) is 0 Å². The number of aryl methyl sites for hydroxylation is 1. The number of nitrogens with one attached hydrogen (secondary N) is 1. The van der Waals surface area contributed by atoms with Crippen molar-refractivity contribution < 1.29 is 29.3 Å². The van der Waals surface area contributed by atoms with Crippen molar-refractivity contribution in [3.05, 3.63) is 69.6 Å². The third kappa shape index (κ3) is 3.67. The number of anilines is 1. The molecule has 0 bridgehead atoms. The molecule has 1 heterocycles. The number of carbonyl (C=O) groups is 1. The molecule has 0 radical (unpaired) electrons. The fourth-order valence-corrected chi connectivity index (χ4v) is 6.96. The van der Waals surface area contributed by atoms with Gasteiger partial charge in [-0.05, 0) is 97.7 Å². The predicted molar refractivity (Wildman–Crippen MR) is 132 cm³/mol. The summed E-state index contributed by atoms with van der Waals surface area (Å²) in [6, 6.07) is 11.7. The predicted octanol–water partition coefficient (Wildman–Crippen LogP) is 4.50. The van der Waals surface area contributed by atoms with Crippen molar-refractivity contribution in [2.24, 2.45) is 11.8 Å². The topological polar surface area (TPSA) is 129 Å². The van der Waals surface area contributed by atoms with Crippen molar-refractivity contribution in [3.8, 4) is 5.75 Å². The smallest absolute Gasteiger partial charge is 0.412 e. The van der Waals surface area contributed by atoms with Gasteiger partial charge in [-0.3, -0.25) is 5.32 Å². The molecule has 36 heavy (non-hydrogen) atoms. The molecule has 1 amide bonds. The number of phenolic OH excluding ortho intramolecular Hbond substituents is 1. The van der Waals surface area contributed by atoms with Crippen molar-refractivity contribution >= 4 is 22.7 Å². The summed E-state index contributed by atoms with van der Waals surface area (Å²) >= 11 is 0. The summed E-state index contributed by atoms with van der Waals surface area (Å²) in [6.45, 7) is 1.82. The molecule has 0 aliphatic heterocycles. The number of rotatable bonds is 2. The van der Waals surface area contributed by atoms with Crippen molar-refractivity contribution in [2.45, 2.75) is 62.8 Å². The number of aromatic hydroxyl groups is 1. The molecule has 6 atom stereocenters. The highest BCUT2D eigenvalue weighted by atomic mass is 16.6. The van der Waals surface area contributed by atoms with Gasteiger partial charge in [0.2, 0.25) is 0 Å². The molecule has 2 saturated carbocycles. The molecule has 3 aromatic rings. The summed E-state index contributed by atoms with van der Waals surface area (Å²) in [6.07, 6.45) is 1.04. The van der Waals surface area contributed by atoms with Crippen LogP contribution in [-0.4, -0.2) is 33.1 Å². The van der Waals surface area contributed by atoms with E-state index in [4.69, 9.17) is 9.15 Å². The SMILES string of the molecule is Cc1cc(=O)oc2cc(NC(=O)OC3CC4C(CCC5(O)C(O)CCC45)c4ccc(O)cc43)ccc12. The second kappa shape index (κ2) is 8.35. The average Bonchev–Trinajstić information content (AvgIpc) is 3.13. The van der Waals surface area contributed by atoms with Crippen LogP contribution in [0.2, 0.25) is 0 Å². The van der Waals surface area contributed by atoms with Gasteiger partial charge in [-0.2, -0.15) is 0 Å². The number of phenols is 1. The monoisotopic (exact) mass is 491 g/mol. The molecule has 2 aromatic carbocycles. The number of hydrogen-bond acceptors (Lipinski definition) is 7. The highest BCUT2D eigenvalue weighted by molar-refractivity contribution is 5.90. The van der Waals surface area contributed by atoms with E-state index in [1.807, 2.05) is 13.0 Å². The van der Waals surface area contributed by atoms with E-state index in [1.165, 1.54) is 6.07 Å². The lowest BCUT2D eigenvalue weighted by molar-refractivity contribution is -0.128. The van der Waals surface area contributed by atoms with Crippen LogP contribution in [0.4, 0.5) is 10.5 Å². The molecule has 1 aromatic heterocycles. The van der Waals surface area contributed by atoms with Crippen LogP contribution in [-0.2, 0) is 4.74 Å². The minimum Gasteiger partial charge on any atom is -0.508 e. The van der Waals surface area contributed by atoms with Gasteiger partial charge in [0.1, 0.15) is 17.4 Å². The summed E-state index contributed by atoms with van der Waals surface area (Å²) in [7, 11) is 0. The molecule has 8 heteroatoms. The van der Waals surface area contributed by atoms with Gasteiger partial charge >= 0.3 is 11.7 Å². The summed E-state index contributed by atoms with van der Waals surface area (Å²) in [5, 5.41) is 35.4. The van der Waals surface area contributed by atoms with Crippen molar-refractivity contribution in [1.82, 2.24) is 0 Å². The fourth-order valence-electron chi connectivity index (χ4n) is 6.96. The van der Waals surface area contributed by atoms with E-state index in [0.717, 1.165) is 34.9 Å². The van der Waals surface area contributed by atoms with E-state index >= 15 is 0 Å². The molecular formula is C28H29NO7. The lowest BCUT2D eigenvalue weighted by atomic mass is 9.58. The maximum atomic E-state index is 13.0. The largest absolute Gasteiger partial charge is 0.508 e. The van der Waals surface area contributed by atoms with Crippen LogP contribution >= 0.6 is 0 Å². The van der Waals surface area contributed by atoms with Crippen molar-refractivity contribution in [1.29, 1.82) is 0 Å². The zero-order chi connectivity index (χ0) is 25.2. The van der Waals surface area contributed by atoms with E-state index in [1.54, 1.807) is 30.3 Å². The van der Waals surface area contributed by atoms with Crippen LogP contribution in [0.1, 0.15) is 60.8 Å². The van der Waals surface area contributed by atoms with E-state index < -0.39 is 29.5 Å². The Morgan fingerprint density at radius 2 is 1.94 bits per heavy atom. The van der Waals surface area contributed by atoms with Crippen LogP contribution < -0.4 is 10.9 Å². The average molecular weight is 492 g/mol. The number of aliphatic hydroxyl groups is 2. The Hall–Kier alpha value is -3.36. The molecule has 0 spiro atoms. The Labute approximate surface area is 207 Å². The fraction of sp³-hybridized carbons (Fsp3) is 0.429. The lowest BCUT2D eigenvalue weighted by Crippen LogP contribution is -2.51. The van der Waals surface area contributed by atoms with Gasteiger partial charge in [-0.15, -0.1) is 0 Å². The first-order valence-electron chi connectivity index (χ1n) is 12.5. The molecule has 188 valence electrons. The van der Waals surface area contributed by atoms with Crippen LogP contribution in [0, 0.1) is 18.8 Å². The first-order valence-corrected chi connectivity index (χ1v) is 12.5. The Kier molecular flexibility index (Phi) is 5.35. The second-order valence-corrected chi connectivity index (χ2v) is 10.5. The molecular weight excluding hydrogens is 462 g/mol. The maximum absolute atomic E-state index is 13.0. The van der Waals surface area contributed by atoms with Crippen LogP contribution in [0.25, 0.3) is 11.0 Å². The van der Waals surface area contributed by atoms with Crippen LogP contribution in [0.5, 0.6) is 5.75 Å². The molecule has 0 saturated heterocycles. The highest BCUT2D eigenvalue weighted by Gasteiger charge is 2.57. The normalized spacial score (nSPS) is 30.8. The minimum absolute atomic E-state index is 0.0497. The van der Waals surface area contributed by atoms with E-state index in [-0.39, 0.29) is 23.5 Å². The highest BCUT2D eigenvalue weighted by Crippen LogP contribution is 2.59. The second-order valence-electron chi connectivity index (χ2n) is 10.5. The summed E-state index contributed by atoms with van der Waals surface area (Å²) in [5.41, 5.74) is 1.82. The molecule has 6 rings (SSSR count). The van der Waals surface area contributed by atoms with Crippen molar-refractivity contribution in [2.75, 3.05) is 5.32 Å². The van der Waals surface area contributed by atoms with Gasteiger partial charge < -0.3 is 24.5 Å². The van der Waals surface area contributed by atoms with Crippen molar-refractivity contribution in [3.63, 3.8) is 0 Å². The van der Waals surface area contributed by atoms with Gasteiger partial charge in [-0.25, -0.2) is 9.59 Å². The Bertz CT molecular complexity index is 1410. The third-order valence-corrected chi connectivity index (χ3v) is 8.61. The number of fused-ring (bicyclic) bond motifs is 6. The molecule has 8 nitrogen and oxygen atoms in total. The Balaban J connectivity index is 1.28. The van der Waals surface area contributed by atoms with Crippen LogP contribution in [0.15, 0.2) is 51.7 Å². The summed E-state index contributed by atoms with van der Waals surface area (Å²) in [5.74, 6) is 0.248. The lowest BCUT2D eigenvalue weighted by Gasteiger charge is -2.50. The number of amides is 1. The van der Waals surface area contributed by atoms with Crippen LogP contribution in [0.3, 0.4) is 0 Å². The number of aliphatic hydroxyl groups excluding tert-OH is 1. The van der Waals surface area contributed by atoms with Gasteiger partial charge in [0.25, 0.3) is 0 Å². The molecule has 3 aliphatic carbocycles. The quantitative estimate of drug-likeness (QED) is 0.389. The van der Waals surface area contributed by atoms with Gasteiger partial charge in [0.05, 0.1) is 11.7 Å². The molecule has 3 aliphatic rings. The van der Waals surface area contributed by atoms with E-state index in [2.05, 4.69) is 5.32 Å².